The quantitative estimate of drug-likeness (QED) is 0.721. The van der Waals surface area contributed by atoms with Gasteiger partial charge in [-0.15, -0.1) is 0 Å². The molecule has 6 heteroatoms. The van der Waals surface area contributed by atoms with E-state index in [1.165, 1.54) is 30.5 Å². The monoisotopic (exact) mass is 437 g/mol. The summed E-state index contributed by atoms with van der Waals surface area (Å²) in [6, 6.07) is 14.3. The SMILES string of the molecule is O=C(NCc1ccccc1CN1CCCC1)C1CCCN(C(=O)Cc2ccc(F)cc2)C1. The molecule has 5 nitrogen and oxygen atoms in total. The van der Waals surface area contributed by atoms with E-state index in [1.54, 1.807) is 17.0 Å². The third kappa shape index (κ3) is 5.94. The van der Waals surface area contributed by atoms with Crippen LogP contribution in [0.5, 0.6) is 0 Å². The maximum Gasteiger partial charge on any atom is 0.227 e. The molecule has 1 unspecified atom stereocenters. The first-order valence-electron chi connectivity index (χ1n) is 11.7. The van der Waals surface area contributed by atoms with Gasteiger partial charge >= 0.3 is 0 Å². The fraction of sp³-hybridized carbons (Fsp3) is 0.462. The Morgan fingerprint density at radius 2 is 1.66 bits per heavy atom. The number of hydrogen-bond donors (Lipinski definition) is 1. The maximum atomic E-state index is 13.1. The van der Waals surface area contributed by atoms with Gasteiger partial charge in [-0.1, -0.05) is 36.4 Å². The molecule has 0 bridgehead atoms. The lowest BCUT2D eigenvalue weighted by atomic mass is 9.96. The number of likely N-dealkylation sites (tertiary alicyclic amines) is 2. The van der Waals surface area contributed by atoms with Crippen molar-refractivity contribution in [1.82, 2.24) is 15.1 Å². The highest BCUT2D eigenvalue weighted by Crippen LogP contribution is 2.20. The van der Waals surface area contributed by atoms with Gasteiger partial charge in [-0.2, -0.15) is 0 Å². The number of amides is 2. The number of piperidine rings is 1. The molecular formula is C26H32FN3O2. The van der Waals surface area contributed by atoms with Crippen molar-refractivity contribution < 1.29 is 14.0 Å². The van der Waals surface area contributed by atoms with Crippen LogP contribution in [0.25, 0.3) is 0 Å². The van der Waals surface area contributed by atoms with Crippen LogP contribution in [0.2, 0.25) is 0 Å². The third-order valence-electron chi connectivity index (χ3n) is 6.58. The minimum absolute atomic E-state index is 0.00920. The summed E-state index contributed by atoms with van der Waals surface area (Å²) >= 11 is 0. The van der Waals surface area contributed by atoms with Gasteiger partial charge in [0.2, 0.25) is 11.8 Å². The van der Waals surface area contributed by atoms with Crippen molar-refractivity contribution in [3.05, 3.63) is 71.0 Å². The molecule has 2 aliphatic heterocycles. The maximum absolute atomic E-state index is 13.1. The molecule has 4 rings (SSSR count). The van der Waals surface area contributed by atoms with E-state index in [2.05, 4.69) is 28.4 Å². The molecular weight excluding hydrogens is 405 g/mol. The molecule has 1 atom stereocenters. The van der Waals surface area contributed by atoms with Crippen molar-refractivity contribution in [2.75, 3.05) is 26.2 Å². The Hall–Kier alpha value is -2.73. The fourth-order valence-corrected chi connectivity index (χ4v) is 4.70. The Bertz CT molecular complexity index is 925. The average Bonchev–Trinajstić information content (AvgIpc) is 3.33. The zero-order chi connectivity index (χ0) is 22.3. The van der Waals surface area contributed by atoms with Gasteiger partial charge in [0.15, 0.2) is 0 Å². The second-order valence-corrected chi connectivity index (χ2v) is 8.95. The van der Waals surface area contributed by atoms with E-state index in [9.17, 15) is 14.0 Å². The van der Waals surface area contributed by atoms with Crippen molar-refractivity contribution in [1.29, 1.82) is 0 Å². The lowest BCUT2D eigenvalue weighted by molar-refractivity contribution is -0.135. The molecule has 0 spiro atoms. The minimum atomic E-state index is -0.307. The summed E-state index contributed by atoms with van der Waals surface area (Å²) in [5.74, 6) is -0.491. The fourth-order valence-electron chi connectivity index (χ4n) is 4.70. The number of nitrogens with one attached hydrogen (secondary N) is 1. The predicted octanol–water partition coefficient (Wildman–Crippen LogP) is 3.52. The van der Waals surface area contributed by atoms with Crippen LogP contribution in [0.15, 0.2) is 48.5 Å². The van der Waals surface area contributed by atoms with Gasteiger partial charge in [0, 0.05) is 26.2 Å². The number of carbonyl (C=O) groups excluding carboxylic acids is 2. The molecule has 0 aromatic heterocycles. The molecule has 2 fully saturated rings. The van der Waals surface area contributed by atoms with Crippen molar-refractivity contribution in [2.45, 2.75) is 45.2 Å². The minimum Gasteiger partial charge on any atom is -0.352 e. The van der Waals surface area contributed by atoms with Gasteiger partial charge in [-0.3, -0.25) is 14.5 Å². The summed E-state index contributed by atoms with van der Waals surface area (Å²) in [6.07, 6.45) is 4.37. The van der Waals surface area contributed by atoms with Crippen LogP contribution >= 0.6 is 0 Å². The van der Waals surface area contributed by atoms with Gasteiger partial charge in [-0.25, -0.2) is 4.39 Å². The summed E-state index contributed by atoms with van der Waals surface area (Å²) < 4.78 is 13.1. The molecule has 2 amide bonds. The topological polar surface area (TPSA) is 52.7 Å². The van der Waals surface area contributed by atoms with Crippen LogP contribution in [0.4, 0.5) is 4.39 Å². The summed E-state index contributed by atoms with van der Waals surface area (Å²) in [4.78, 5) is 29.8. The molecule has 1 N–H and O–H groups in total. The molecule has 170 valence electrons. The lowest BCUT2D eigenvalue weighted by Crippen LogP contribution is -2.45. The van der Waals surface area contributed by atoms with Crippen LogP contribution < -0.4 is 5.32 Å². The van der Waals surface area contributed by atoms with Crippen molar-refractivity contribution in [3.63, 3.8) is 0 Å². The molecule has 2 saturated heterocycles. The lowest BCUT2D eigenvalue weighted by Gasteiger charge is -2.32. The van der Waals surface area contributed by atoms with E-state index >= 15 is 0 Å². The number of halogens is 1. The van der Waals surface area contributed by atoms with Gasteiger partial charge in [-0.05, 0) is 67.6 Å². The van der Waals surface area contributed by atoms with Gasteiger partial charge in [0.25, 0.3) is 0 Å². The van der Waals surface area contributed by atoms with E-state index in [1.807, 2.05) is 6.07 Å². The molecule has 2 aromatic carbocycles. The smallest absolute Gasteiger partial charge is 0.227 e. The first-order valence-corrected chi connectivity index (χ1v) is 11.7. The van der Waals surface area contributed by atoms with Crippen LogP contribution in [0.3, 0.4) is 0 Å². The highest BCUT2D eigenvalue weighted by atomic mass is 19.1. The van der Waals surface area contributed by atoms with E-state index in [0.29, 0.717) is 19.6 Å². The Kier molecular flexibility index (Phi) is 7.53. The van der Waals surface area contributed by atoms with Crippen molar-refractivity contribution in [2.24, 2.45) is 5.92 Å². The summed E-state index contributed by atoms with van der Waals surface area (Å²) in [6.45, 7) is 4.85. The van der Waals surface area contributed by atoms with Crippen LogP contribution in [0.1, 0.15) is 42.4 Å². The number of benzene rings is 2. The third-order valence-corrected chi connectivity index (χ3v) is 6.58. The molecule has 2 heterocycles. The van der Waals surface area contributed by atoms with Gasteiger partial charge < -0.3 is 10.2 Å². The largest absolute Gasteiger partial charge is 0.352 e. The van der Waals surface area contributed by atoms with Crippen LogP contribution in [-0.4, -0.2) is 47.8 Å². The van der Waals surface area contributed by atoms with E-state index in [0.717, 1.165) is 43.6 Å². The second-order valence-electron chi connectivity index (χ2n) is 8.95. The zero-order valence-electron chi connectivity index (χ0n) is 18.6. The molecule has 2 aliphatic rings. The second kappa shape index (κ2) is 10.7. The normalized spacial score (nSPS) is 19.2. The molecule has 32 heavy (non-hydrogen) atoms. The van der Waals surface area contributed by atoms with Crippen molar-refractivity contribution >= 4 is 11.8 Å². The van der Waals surface area contributed by atoms with E-state index in [-0.39, 0.29) is 30.0 Å². The summed E-state index contributed by atoms with van der Waals surface area (Å²) in [5.41, 5.74) is 3.22. The van der Waals surface area contributed by atoms with Gasteiger partial charge in [0.1, 0.15) is 5.82 Å². The molecule has 0 saturated carbocycles. The van der Waals surface area contributed by atoms with Crippen LogP contribution in [-0.2, 0) is 29.1 Å². The Morgan fingerprint density at radius 1 is 0.938 bits per heavy atom. The highest BCUT2D eigenvalue weighted by Gasteiger charge is 2.28. The zero-order valence-corrected chi connectivity index (χ0v) is 18.6. The number of rotatable bonds is 7. The first kappa shape index (κ1) is 22.5. The highest BCUT2D eigenvalue weighted by molar-refractivity contribution is 5.82. The average molecular weight is 438 g/mol. The molecule has 0 aliphatic carbocycles. The standard InChI is InChI=1S/C26H32FN3O2/c27-24-11-9-20(10-12-24)16-25(31)30-15-5-8-23(19-30)26(32)28-17-21-6-1-2-7-22(21)18-29-13-3-4-14-29/h1-2,6-7,9-12,23H,3-5,8,13-19H2,(H,28,32). The first-order chi connectivity index (χ1) is 15.6. The molecule has 0 radical (unpaired) electrons. The molecule has 2 aromatic rings. The van der Waals surface area contributed by atoms with Gasteiger partial charge in [0.05, 0.1) is 12.3 Å². The van der Waals surface area contributed by atoms with Crippen molar-refractivity contribution in [3.8, 4) is 0 Å². The number of carbonyl (C=O) groups is 2. The van der Waals surface area contributed by atoms with E-state index < -0.39 is 0 Å². The predicted molar refractivity (Wildman–Crippen MR) is 122 cm³/mol. The Balaban J connectivity index is 1.30. The number of nitrogens with zero attached hydrogens (tertiary/aromatic N) is 2. The number of hydrogen-bond acceptors (Lipinski definition) is 3. The van der Waals surface area contributed by atoms with Crippen LogP contribution in [0, 0.1) is 11.7 Å². The summed E-state index contributed by atoms with van der Waals surface area (Å²) in [5, 5.41) is 3.11. The summed E-state index contributed by atoms with van der Waals surface area (Å²) in [7, 11) is 0. The Morgan fingerprint density at radius 3 is 2.41 bits per heavy atom. The Labute approximate surface area is 189 Å². The van der Waals surface area contributed by atoms with E-state index in [4.69, 9.17) is 0 Å².